The van der Waals surface area contributed by atoms with Gasteiger partial charge in [0.05, 0.1) is 6.20 Å². The molecule has 0 aromatic carbocycles. The van der Waals surface area contributed by atoms with Gasteiger partial charge in [0.15, 0.2) is 5.76 Å². The van der Waals surface area contributed by atoms with E-state index >= 15 is 0 Å². The SMILES string of the molecule is Cc1ccc(-c2[nH]ncc2CNC(C)CC(C)C)o1. The number of aromatic nitrogens is 2. The molecule has 2 N–H and O–H groups in total. The molecule has 0 radical (unpaired) electrons. The predicted molar refractivity (Wildman–Crippen MR) is 76.8 cm³/mol. The maximum Gasteiger partial charge on any atom is 0.152 e. The highest BCUT2D eigenvalue weighted by molar-refractivity contribution is 5.56. The van der Waals surface area contributed by atoms with Crippen molar-refractivity contribution < 1.29 is 4.42 Å². The molecule has 4 heteroatoms. The van der Waals surface area contributed by atoms with Crippen LogP contribution in [0.15, 0.2) is 22.7 Å². The molecule has 0 bridgehead atoms. The van der Waals surface area contributed by atoms with Gasteiger partial charge in [-0.05, 0) is 38.3 Å². The van der Waals surface area contributed by atoms with Crippen LogP contribution in [0, 0.1) is 12.8 Å². The molecule has 0 saturated carbocycles. The van der Waals surface area contributed by atoms with Gasteiger partial charge in [0, 0.05) is 18.2 Å². The van der Waals surface area contributed by atoms with Crippen molar-refractivity contribution in [1.29, 1.82) is 0 Å². The van der Waals surface area contributed by atoms with Crippen molar-refractivity contribution in [3.63, 3.8) is 0 Å². The standard InChI is InChI=1S/C15H23N3O/c1-10(2)7-11(3)16-8-13-9-17-18-15(13)14-6-5-12(4)19-14/h5-6,9-11,16H,7-8H2,1-4H3,(H,17,18). The molecule has 0 aliphatic carbocycles. The van der Waals surface area contributed by atoms with Crippen molar-refractivity contribution in [1.82, 2.24) is 15.5 Å². The fourth-order valence-electron chi connectivity index (χ4n) is 2.30. The molecular formula is C15H23N3O. The van der Waals surface area contributed by atoms with Gasteiger partial charge in [0.2, 0.25) is 0 Å². The van der Waals surface area contributed by atoms with Gasteiger partial charge in [-0.25, -0.2) is 0 Å². The summed E-state index contributed by atoms with van der Waals surface area (Å²) in [5, 5.41) is 10.7. The Hall–Kier alpha value is -1.55. The van der Waals surface area contributed by atoms with Crippen molar-refractivity contribution in [2.75, 3.05) is 0 Å². The van der Waals surface area contributed by atoms with Crippen LogP contribution in [0.5, 0.6) is 0 Å². The second-order valence-electron chi connectivity index (χ2n) is 5.59. The maximum absolute atomic E-state index is 5.64. The molecule has 0 aliphatic heterocycles. The molecule has 0 amide bonds. The lowest BCUT2D eigenvalue weighted by Crippen LogP contribution is -2.26. The van der Waals surface area contributed by atoms with Gasteiger partial charge < -0.3 is 9.73 Å². The Kier molecular flexibility index (Phi) is 4.43. The number of nitrogens with zero attached hydrogens (tertiary/aromatic N) is 1. The normalized spacial score (nSPS) is 13.1. The first-order valence-electron chi connectivity index (χ1n) is 6.88. The molecule has 0 saturated heterocycles. The lowest BCUT2D eigenvalue weighted by molar-refractivity contribution is 0.441. The number of H-pyrrole nitrogens is 1. The second-order valence-corrected chi connectivity index (χ2v) is 5.59. The third kappa shape index (κ3) is 3.70. The van der Waals surface area contributed by atoms with Crippen molar-refractivity contribution in [2.24, 2.45) is 5.92 Å². The van der Waals surface area contributed by atoms with E-state index in [0.717, 1.165) is 29.3 Å². The summed E-state index contributed by atoms with van der Waals surface area (Å²) in [6.45, 7) is 9.46. The van der Waals surface area contributed by atoms with E-state index in [1.807, 2.05) is 25.3 Å². The smallest absolute Gasteiger partial charge is 0.152 e. The van der Waals surface area contributed by atoms with Crippen LogP contribution in [0.25, 0.3) is 11.5 Å². The third-order valence-corrected chi connectivity index (χ3v) is 3.17. The average molecular weight is 261 g/mol. The van der Waals surface area contributed by atoms with Crippen LogP contribution in [0.1, 0.15) is 38.5 Å². The Morgan fingerprint density at radius 1 is 1.32 bits per heavy atom. The van der Waals surface area contributed by atoms with Crippen LogP contribution in [0.2, 0.25) is 0 Å². The zero-order chi connectivity index (χ0) is 13.8. The van der Waals surface area contributed by atoms with E-state index in [9.17, 15) is 0 Å². The molecule has 2 aromatic heterocycles. The monoisotopic (exact) mass is 261 g/mol. The molecule has 0 spiro atoms. The Labute approximate surface area is 114 Å². The molecule has 104 valence electrons. The number of rotatable bonds is 6. The number of hydrogen-bond donors (Lipinski definition) is 2. The van der Waals surface area contributed by atoms with Gasteiger partial charge in [-0.1, -0.05) is 13.8 Å². The molecule has 2 aromatic rings. The quantitative estimate of drug-likeness (QED) is 0.836. The molecule has 2 heterocycles. The second kappa shape index (κ2) is 6.06. The van der Waals surface area contributed by atoms with Crippen LogP contribution < -0.4 is 5.32 Å². The summed E-state index contributed by atoms with van der Waals surface area (Å²) >= 11 is 0. The van der Waals surface area contributed by atoms with Crippen molar-refractivity contribution in [2.45, 2.75) is 46.7 Å². The van der Waals surface area contributed by atoms with E-state index in [1.165, 1.54) is 6.42 Å². The van der Waals surface area contributed by atoms with Gasteiger partial charge in [-0.15, -0.1) is 0 Å². The van der Waals surface area contributed by atoms with E-state index in [0.29, 0.717) is 12.0 Å². The van der Waals surface area contributed by atoms with Crippen molar-refractivity contribution >= 4 is 0 Å². The summed E-state index contributed by atoms with van der Waals surface area (Å²) in [4.78, 5) is 0. The van der Waals surface area contributed by atoms with E-state index in [4.69, 9.17) is 4.42 Å². The molecule has 4 nitrogen and oxygen atoms in total. The summed E-state index contributed by atoms with van der Waals surface area (Å²) in [6, 6.07) is 4.44. The number of aryl methyl sites for hydroxylation is 1. The van der Waals surface area contributed by atoms with Crippen LogP contribution in [-0.2, 0) is 6.54 Å². The average Bonchev–Trinajstić information content (AvgIpc) is 2.93. The minimum absolute atomic E-state index is 0.501. The molecule has 1 atom stereocenters. The van der Waals surface area contributed by atoms with Gasteiger partial charge in [0.25, 0.3) is 0 Å². The number of nitrogens with one attached hydrogen (secondary N) is 2. The van der Waals surface area contributed by atoms with E-state index < -0.39 is 0 Å². The number of aromatic amines is 1. The summed E-state index contributed by atoms with van der Waals surface area (Å²) in [5.74, 6) is 2.47. The minimum atomic E-state index is 0.501. The summed E-state index contributed by atoms with van der Waals surface area (Å²) < 4.78 is 5.64. The fourth-order valence-corrected chi connectivity index (χ4v) is 2.30. The highest BCUT2D eigenvalue weighted by Gasteiger charge is 2.12. The molecular weight excluding hydrogens is 238 g/mol. The lowest BCUT2D eigenvalue weighted by atomic mass is 10.1. The summed E-state index contributed by atoms with van der Waals surface area (Å²) in [6.07, 6.45) is 3.04. The largest absolute Gasteiger partial charge is 0.460 e. The highest BCUT2D eigenvalue weighted by Crippen LogP contribution is 2.23. The number of hydrogen-bond acceptors (Lipinski definition) is 3. The Morgan fingerprint density at radius 2 is 2.11 bits per heavy atom. The van der Waals surface area contributed by atoms with Gasteiger partial charge in [-0.3, -0.25) is 5.10 Å². The first kappa shape index (κ1) is 13.9. The zero-order valence-corrected chi connectivity index (χ0v) is 12.2. The zero-order valence-electron chi connectivity index (χ0n) is 12.2. The minimum Gasteiger partial charge on any atom is -0.460 e. The van der Waals surface area contributed by atoms with E-state index in [1.54, 1.807) is 0 Å². The maximum atomic E-state index is 5.64. The van der Waals surface area contributed by atoms with Crippen molar-refractivity contribution in [3.8, 4) is 11.5 Å². The highest BCUT2D eigenvalue weighted by atomic mass is 16.3. The first-order chi connectivity index (χ1) is 9.06. The molecule has 2 rings (SSSR count). The molecule has 0 fully saturated rings. The van der Waals surface area contributed by atoms with Gasteiger partial charge >= 0.3 is 0 Å². The third-order valence-electron chi connectivity index (χ3n) is 3.17. The topological polar surface area (TPSA) is 53.9 Å². The Morgan fingerprint density at radius 3 is 2.74 bits per heavy atom. The van der Waals surface area contributed by atoms with Gasteiger partial charge in [-0.2, -0.15) is 5.10 Å². The first-order valence-corrected chi connectivity index (χ1v) is 6.88. The fraction of sp³-hybridized carbons (Fsp3) is 0.533. The van der Waals surface area contributed by atoms with Crippen LogP contribution in [0.4, 0.5) is 0 Å². The lowest BCUT2D eigenvalue weighted by Gasteiger charge is -2.15. The number of furan rings is 1. The van der Waals surface area contributed by atoms with E-state index in [2.05, 4.69) is 36.3 Å². The van der Waals surface area contributed by atoms with Crippen molar-refractivity contribution in [3.05, 3.63) is 29.7 Å². The molecule has 0 aliphatic rings. The van der Waals surface area contributed by atoms with Crippen LogP contribution in [0.3, 0.4) is 0 Å². The summed E-state index contributed by atoms with van der Waals surface area (Å²) in [7, 11) is 0. The van der Waals surface area contributed by atoms with E-state index in [-0.39, 0.29) is 0 Å². The van der Waals surface area contributed by atoms with Crippen LogP contribution >= 0.6 is 0 Å². The van der Waals surface area contributed by atoms with Gasteiger partial charge in [0.1, 0.15) is 11.5 Å². The molecule has 1 unspecified atom stereocenters. The predicted octanol–water partition coefficient (Wildman–Crippen LogP) is 3.50. The Balaban J connectivity index is 2.00. The molecule has 19 heavy (non-hydrogen) atoms. The Bertz CT molecular complexity index is 513. The summed E-state index contributed by atoms with van der Waals surface area (Å²) in [5.41, 5.74) is 2.11. The van der Waals surface area contributed by atoms with Crippen LogP contribution in [-0.4, -0.2) is 16.2 Å².